The lowest BCUT2D eigenvalue weighted by Gasteiger charge is -2.14. The van der Waals surface area contributed by atoms with Crippen molar-refractivity contribution >= 4 is 11.8 Å². The van der Waals surface area contributed by atoms with Crippen molar-refractivity contribution in [3.63, 3.8) is 0 Å². The summed E-state index contributed by atoms with van der Waals surface area (Å²) in [6.07, 6.45) is 3.41. The minimum Gasteiger partial charge on any atom is -0.441 e. The third-order valence-electron chi connectivity index (χ3n) is 4.75. The molecule has 0 aliphatic heterocycles. The number of rotatable bonds is 10. The molecule has 6 nitrogen and oxygen atoms in total. The van der Waals surface area contributed by atoms with E-state index in [4.69, 9.17) is 10.2 Å². The fraction of sp³-hybridized carbons (Fsp3) is 0.261. The first-order chi connectivity index (χ1) is 14.5. The Labute approximate surface area is 174 Å². The molecule has 3 aromatic rings. The number of halogens is 1. The first-order valence-corrected chi connectivity index (χ1v) is 9.82. The van der Waals surface area contributed by atoms with Crippen LogP contribution < -0.4 is 11.1 Å². The first-order valence-electron chi connectivity index (χ1n) is 9.82. The van der Waals surface area contributed by atoms with Gasteiger partial charge in [-0.2, -0.15) is 0 Å². The molecule has 2 amide bonds. The summed E-state index contributed by atoms with van der Waals surface area (Å²) in [5.41, 5.74) is 7.18. The molecule has 156 valence electrons. The molecule has 7 heteroatoms. The Hall–Kier alpha value is -3.48. The minimum absolute atomic E-state index is 0.142. The molecular weight excluding hydrogens is 385 g/mol. The Bertz CT molecular complexity index is 971. The zero-order valence-electron chi connectivity index (χ0n) is 16.5. The highest BCUT2D eigenvalue weighted by Gasteiger charge is 2.17. The zero-order valence-corrected chi connectivity index (χ0v) is 16.5. The number of nitrogens with two attached hydrogens (primary N) is 1. The number of benzene rings is 2. The molecule has 2 aromatic carbocycles. The predicted octanol–water partition coefficient (Wildman–Crippen LogP) is 3.26. The van der Waals surface area contributed by atoms with Gasteiger partial charge < -0.3 is 15.5 Å². The van der Waals surface area contributed by atoms with E-state index in [1.165, 1.54) is 12.1 Å². The maximum absolute atomic E-state index is 13.0. The normalized spacial score (nSPS) is 11.8. The van der Waals surface area contributed by atoms with Gasteiger partial charge in [-0.25, -0.2) is 9.37 Å². The highest BCUT2D eigenvalue weighted by Crippen LogP contribution is 2.20. The summed E-state index contributed by atoms with van der Waals surface area (Å²) in [7, 11) is 0. The van der Waals surface area contributed by atoms with Crippen molar-refractivity contribution in [2.45, 2.75) is 25.7 Å². The third-order valence-corrected chi connectivity index (χ3v) is 4.75. The molecule has 1 unspecified atom stereocenters. The number of hydrogen-bond acceptors (Lipinski definition) is 4. The molecule has 1 aromatic heterocycles. The van der Waals surface area contributed by atoms with Crippen LogP contribution in [0.15, 0.2) is 65.2 Å². The van der Waals surface area contributed by atoms with Crippen LogP contribution in [0.25, 0.3) is 11.3 Å². The number of aryl methyl sites for hydroxylation is 1. The fourth-order valence-electron chi connectivity index (χ4n) is 3.07. The van der Waals surface area contributed by atoms with Gasteiger partial charge in [0.05, 0.1) is 12.1 Å². The van der Waals surface area contributed by atoms with Crippen molar-refractivity contribution < 1.29 is 18.4 Å². The molecule has 1 heterocycles. The Kier molecular flexibility index (Phi) is 7.32. The Morgan fingerprint density at radius 3 is 2.53 bits per heavy atom. The van der Waals surface area contributed by atoms with E-state index in [2.05, 4.69) is 10.3 Å². The predicted molar refractivity (Wildman–Crippen MR) is 111 cm³/mol. The van der Waals surface area contributed by atoms with Crippen LogP contribution in [0.2, 0.25) is 0 Å². The number of hydrogen-bond donors (Lipinski definition) is 2. The van der Waals surface area contributed by atoms with Gasteiger partial charge in [-0.15, -0.1) is 0 Å². The smallest absolute Gasteiger partial charge is 0.222 e. The summed E-state index contributed by atoms with van der Waals surface area (Å²) in [4.78, 5) is 28.1. The van der Waals surface area contributed by atoms with E-state index in [1.54, 1.807) is 18.3 Å². The zero-order chi connectivity index (χ0) is 21.3. The van der Waals surface area contributed by atoms with Gasteiger partial charge >= 0.3 is 0 Å². The number of carbonyl (C=O) groups excluding carboxylic acids is 2. The molecule has 0 saturated heterocycles. The summed E-state index contributed by atoms with van der Waals surface area (Å²) in [6, 6.07) is 15.5. The monoisotopic (exact) mass is 409 g/mol. The quantitative estimate of drug-likeness (QED) is 0.537. The van der Waals surface area contributed by atoms with Crippen LogP contribution in [-0.4, -0.2) is 23.3 Å². The van der Waals surface area contributed by atoms with Crippen LogP contribution in [0.4, 0.5) is 4.39 Å². The third kappa shape index (κ3) is 6.27. The Morgan fingerprint density at radius 2 is 1.83 bits per heavy atom. The molecule has 0 saturated carbocycles. The van der Waals surface area contributed by atoms with Crippen LogP contribution in [0, 0.1) is 11.7 Å². The second-order valence-electron chi connectivity index (χ2n) is 7.07. The number of amides is 2. The molecule has 30 heavy (non-hydrogen) atoms. The lowest BCUT2D eigenvalue weighted by Crippen LogP contribution is -2.37. The van der Waals surface area contributed by atoms with E-state index in [0.717, 1.165) is 11.1 Å². The molecular formula is C23H24FN3O3. The van der Waals surface area contributed by atoms with Gasteiger partial charge in [-0.1, -0.05) is 42.5 Å². The van der Waals surface area contributed by atoms with Gasteiger partial charge in [-0.05, 0) is 30.5 Å². The maximum atomic E-state index is 13.0. The van der Waals surface area contributed by atoms with E-state index < -0.39 is 11.8 Å². The molecule has 0 radical (unpaired) electrons. The Balaban J connectivity index is 1.42. The molecule has 0 fully saturated rings. The largest absolute Gasteiger partial charge is 0.441 e. The highest BCUT2D eigenvalue weighted by molar-refractivity contribution is 5.79. The second-order valence-corrected chi connectivity index (χ2v) is 7.07. The molecule has 3 rings (SSSR count). The van der Waals surface area contributed by atoms with Gasteiger partial charge in [0.1, 0.15) is 5.82 Å². The SMILES string of the molecule is NC(=O)C(CNC(=O)CCCc1ncc(-c2ccccc2)o1)Cc1ccc(F)cc1. The standard InChI is InChI=1S/C23H24FN3O3/c24-19-11-9-16(10-12-19)13-18(23(25)29)14-26-21(28)7-4-8-22-27-15-20(30-22)17-5-2-1-3-6-17/h1-3,5-6,9-12,15,18H,4,7-8,13-14H2,(H2,25,29)(H,26,28). The van der Waals surface area contributed by atoms with Crippen molar-refractivity contribution in [2.75, 3.05) is 6.54 Å². The fourth-order valence-corrected chi connectivity index (χ4v) is 3.07. The summed E-state index contributed by atoms with van der Waals surface area (Å²) >= 11 is 0. The van der Waals surface area contributed by atoms with Crippen molar-refractivity contribution in [3.8, 4) is 11.3 Å². The second kappa shape index (κ2) is 10.3. The van der Waals surface area contributed by atoms with Crippen molar-refractivity contribution in [2.24, 2.45) is 11.7 Å². The molecule has 1 atom stereocenters. The highest BCUT2D eigenvalue weighted by atomic mass is 19.1. The van der Waals surface area contributed by atoms with E-state index >= 15 is 0 Å². The van der Waals surface area contributed by atoms with Gasteiger partial charge in [-0.3, -0.25) is 9.59 Å². The summed E-state index contributed by atoms with van der Waals surface area (Å²) in [5.74, 6) is -0.305. The van der Waals surface area contributed by atoms with Crippen molar-refractivity contribution in [3.05, 3.63) is 78.1 Å². The van der Waals surface area contributed by atoms with E-state index in [-0.39, 0.29) is 24.7 Å². The number of primary amides is 1. The lowest BCUT2D eigenvalue weighted by atomic mass is 9.98. The number of oxazole rings is 1. The minimum atomic E-state index is -0.556. The molecule has 0 aliphatic rings. The van der Waals surface area contributed by atoms with Crippen molar-refractivity contribution in [1.29, 1.82) is 0 Å². The van der Waals surface area contributed by atoms with Gasteiger partial charge in [0.15, 0.2) is 11.7 Å². The van der Waals surface area contributed by atoms with E-state index in [9.17, 15) is 14.0 Å². The maximum Gasteiger partial charge on any atom is 0.222 e. The van der Waals surface area contributed by atoms with Gasteiger partial charge in [0.25, 0.3) is 0 Å². The van der Waals surface area contributed by atoms with Crippen LogP contribution >= 0.6 is 0 Å². The number of aromatic nitrogens is 1. The lowest BCUT2D eigenvalue weighted by molar-refractivity contribution is -0.123. The van der Waals surface area contributed by atoms with Crippen LogP contribution in [-0.2, 0) is 22.4 Å². The summed E-state index contributed by atoms with van der Waals surface area (Å²) < 4.78 is 18.7. The first kappa shape index (κ1) is 21.2. The average molecular weight is 409 g/mol. The molecule has 0 aliphatic carbocycles. The number of nitrogens with one attached hydrogen (secondary N) is 1. The van der Waals surface area contributed by atoms with Gasteiger partial charge in [0.2, 0.25) is 11.8 Å². The topological polar surface area (TPSA) is 98.2 Å². The number of carbonyl (C=O) groups is 2. The molecule has 0 spiro atoms. The molecule has 0 bridgehead atoms. The van der Waals surface area contributed by atoms with Gasteiger partial charge in [0, 0.05) is 24.9 Å². The number of nitrogens with zero attached hydrogens (tertiary/aromatic N) is 1. The van der Waals surface area contributed by atoms with Crippen LogP contribution in [0.3, 0.4) is 0 Å². The summed E-state index contributed by atoms with van der Waals surface area (Å²) in [5, 5.41) is 2.75. The van der Waals surface area contributed by atoms with E-state index in [0.29, 0.717) is 30.9 Å². The van der Waals surface area contributed by atoms with E-state index in [1.807, 2.05) is 30.3 Å². The van der Waals surface area contributed by atoms with Crippen LogP contribution in [0.1, 0.15) is 24.3 Å². The average Bonchev–Trinajstić information content (AvgIpc) is 3.22. The van der Waals surface area contributed by atoms with Crippen LogP contribution in [0.5, 0.6) is 0 Å². The summed E-state index contributed by atoms with van der Waals surface area (Å²) in [6.45, 7) is 0.142. The molecule has 3 N–H and O–H groups in total. The van der Waals surface area contributed by atoms with Crippen molar-refractivity contribution in [1.82, 2.24) is 10.3 Å². The Morgan fingerprint density at radius 1 is 1.10 bits per heavy atom.